The molecule has 0 heterocycles. The van der Waals surface area contributed by atoms with Crippen molar-refractivity contribution >= 4 is 23.5 Å². The van der Waals surface area contributed by atoms with E-state index in [-0.39, 0.29) is 5.88 Å². The molecule has 2 N–H and O–H groups in total. The van der Waals surface area contributed by atoms with Crippen LogP contribution in [0.5, 0.6) is 0 Å². The van der Waals surface area contributed by atoms with Crippen molar-refractivity contribution in [2.24, 2.45) is 0 Å². The molecule has 0 saturated heterocycles. The van der Waals surface area contributed by atoms with Crippen LogP contribution in [0.3, 0.4) is 0 Å². The van der Waals surface area contributed by atoms with Crippen LogP contribution in [0.1, 0.15) is 20.3 Å². The summed E-state index contributed by atoms with van der Waals surface area (Å²) in [6.07, 6.45) is -1.54. The van der Waals surface area contributed by atoms with Gasteiger partial charge in [0.15, 0.2) is 6.23 Å². The number of rotatable bonds is 5. The van der Waals surface area contributed by atoms with Crippen LogP contribution in [0.15, 0.2) is 0 Å². The minimum absolute atomic E-state index is 0.242. The van der Waals surface area contributed by atoms with E-state index >= 15 is 0 Å². The maximum atomic E-state index is 10.8. The van der Waals surface area contributed by atoms with Gasteiger partial charge in [-0.1, -0.05) is 6.92 Å². The minimum atomic E-state index is -1.21. The van der Waals surface area contributed by atoms with Crippen molar-refractivity contribution in [2.75, 3.05) is 5.88 Å². The Hall–Kier alpha value is -0.810. The van der Waals surface area contributed by atoms with Crippen LogP contribution in [-0.2, 0) is 14.3 Å². The van der Waals surface area contributed by atoms with E-state index in [1.165, 1.54) is 6.92 Å². The monoisotopic (exact) mass is 223 g/mol. The van der Waals surface area contributed by atoms with Gasteiger partial charge in [0.25, 0.3) is 0 Å². The predicted molar refractivity (Wildman–Crippen MR) is 50.7 cm³/mol. The van der Waals surface area contributed by atoms with E-state index in [2.05, 4.69) is 5.32 Å². The second-order valence-corrected chi connectivity index (χ2v) is 2.97. The molecule has 0 bridgehead atoms. The van der Waals surface area contributed by atoms with Gasteiger partial charge >= 0.3 is 5.97 Å². The second-order valence-electron chi connectivity index (χ2n) is 2.70. The molecule has 0 radical (unpaired) electrons. The van der Waals surface area contributed by atoms with Crippen LogP contribution >= 0.6 is 11.6 Å². The maximum Gasteiger partial charge on any atom is 0.303 e. The number of aliphatic hydroxyl groups excluding tert-OH is 1. The Morgan fingerprint density at radius 1 is 1.57 bits per heavy atom. The Balaban J connectivity index is 4.09. The van der Waals surface area contributed by atoms with E-state index in [4.69, 9.17) is 16.3 Å². The molecule has 0 aromatic heterocycles. The number of carbonyl (C=O) groups excluding carboxylic acids is 2. The molecule has 0 fully saturated rings. The van der Waals surface area contributed by atoms with Crippen LogP contribution in [-0.4, -0.2) is 35.2 Å². The zero-order valence-corrected chi connectivity index (χ0v) is 8.87. The first-order chi connectivity index (χ1) is 6.51. The van der Waals surface area contributed by atoms with E-state index in [0.29, 0.717) is 6.42 Å². The number of alkyl halides is 1. The molecule has 2 unspecified atom stereocenters. The Labute approximate surface area is 87.4 Å². The lowest BCUT2D eigenvalue weighted by Gasteiger charge is -2.21. The summed E-state index contributed by atoms with van der Waals surface area (Å²) in [5.74, 6) is -1.26. The van der Waals surface area contributed by atoms with Crippen LogP contribution in [0.4, 0.5) is 0 Å². The lowest BCUT2D eigenvalue weighted by Crippen LogP contribution is -2.45. The summed E-state index contributed by atoms with van der Waals surface area (Å²) < 4.78 is 4.76. The third-order valence-electron chi connectivity index (χ3n) is 1.50. The van der Waals surface area contributed by atoms with Crippen LogP contribution in [0, 0.1) is 0 Å². The number of esters is 1. The molecule has 0 aromatic rings. The van der Waals surface area contributed by atoms with Gasteiger partial charge in [0, 0.05) is 6.92 Å². The van der Waals surface area contributed by atoms with Gasteiger partial charge in [0.05, 0.1) is 0 Å². The van der Waals surface area contributed by atoms with Crippen LogP contribution in [0.2, 0.25) is 0 Å². The predicted octanol–water partition coefficient (Wildman–Crippen LogP) is 0.00150. The van der Waals surface area contributed by atoms with Crippen molar-refractivity contribution in [1.29, 1.82) is 0 Å². The summed E-state index contributed by atoms with van der Waals surface area (Å²) >= 11 is 5.22. The molecule has 14 heavy (non-hydrogen) atoms. The number of carbonyl (C=O) groups is 2. The Bertz CT molecular complexity index is 210. The van der Waals surface area contributed by atoms with Crippen LogP contribution < -0.4 is 5.32 Å². The molecular weight excluding hydrogens is 210 g/mol. The quantitative estimate of drug-likeness (QED) is 0.391. The summed E-state index contributed by atoms with van der Waals surface area (Å²) in [5, 5.41) is 11.6. The van der Waals surface area contributed by atoms with Crippen molar-refractivity contribution in [1.82, 2.24) is 5.32 Å². The van der Waals surface area contributed by atoms with Gasteiger partial charge in [-0.2, -0.15) is 0 Å². The van der Waals surface area contributed by atoms with Crippen molar-refractivity contribution in [3.8, 4) is 0 Å². The summed E-state index contributed by atoms with van der Waals surface area (Å²) in [6, 6.07) is 0. The van der Waals surface area contributed by atoms with Gasteiger partial charge in [-0.15, -0.1) is 11.6 Å². The highest BCUT2D eigenvalue weighted by Crippen LogP contribution is 2.02. The standard InChI is InChI=1S/C8H14ClNO4/c1-3-6(14-5(2)11)8(13)10-7(12)4-9/h6,8,13H,3-4H2,1-2H3,(H,10,12). The zero-order valence-electron chi connectivity index (χ0n) is 8.12. The van der Waals surface area contributed by atoms with Crippen LogP contribution in [0.25, 0.3) is 0 Å². The SMILES string of the molecule is CCC(OC(C)=O)C(O)NC(=O)CCl. The fourth-order valence-corrected chi connectivity index (χ4v) is 0.958. The number of nitrogens with one attached hydrogen (secondary N) is 1. The molecule has 0 spiro atoms. The second kappa shape index (κ2) is 6.62. The summed E-state index contributed by atoms with van der Waals surface area (Å²) in [6.45, 7) is 2.96. The van der Waals surface area contributed by atoms with E-state index in [1.54, 1.807) is 6.92 Å². The molecule has 0 aliphatic carbocycles. The fourth-order valence-electron chi connectivity index (χ4n) is 0.881. The Kier molecular flexibility index (Phi) is 6.23. The normalized spacial score (nSPS) is 14.3. The molecular formula is C8H14ClNO4. The number of hydrogen-bond acceptors (Lipinski definition) is 4. The first-order valence-electron chi connectivity index (χ1n) is 4.21. The van der Waals surface area contributed by atoms with Crippen molar-refractivity contribution in [3.63, 3.8) is 0 Å². The van der Waals surface area contributed by atoms with Crippen molar-refractivity contribution in [2.45, 2.75) is 32.6 Å². The molecule has 6 heteroatoms. The highest BCUT2D eigenvalue weighted by atomic mass is 35.5. The molecule has 1 amide bonds. The van der Waals surface area contributed by atoms with E-state index in [9.17, 15) is 14.7 Å². The third kappa shape index (κ3) is 5.04. The highest BCUT2D eigenvalue weighted by molar-refractivity contribution is 6.27. The molecule has 0 rings (SSSR count). The summed E-state index contributed by atoms with van der Waals surface area (Å²) in [7, 11) is 0. The topological polar surface area (TPSA) is 75.6 Å². The summed E-state index contributed by atoms with van der Waals surface area (Å²) in [5.41, 5.74) is 0. The molecule has 82 valence electrons. The van der Waals surface area contributed by atoms with Gasteiger partial charge in [-0.3, -0.25) is 9.59 Å². The molecule has 0 aromatic carbocycles. The zero-order chi connectivity index (χ0) is 11.1. The number of hydrogen-bond donors (Lipinski definition) is 2. The third-order valence-corrected chi connectivity index (χ3v) is 1.74. The lowest BCUT2D eigenvalue weighted by molar-refractivity contribution is -0.155. The van der Waals surface area contributed by atoms with Gasteiger partial charge in [0.1, 0.15) is 12.0 Å². The lowest BCUT2D eigenvalue weighted by atomic mass is 10.2. The fraction of sp³-hybridized carbons (Fsp3) is 0.750. The van der Waals surface area contributed by atoms with Gasteiger partial charge < -0.3 is 15.2 Å². The maximum absolute atomic E-state index is 10.8. The van der Waals surface area contributed by atoms with Gasteiger partial charge in [0.2, 0.25) is 5.91 Å². The van der Waals surface area contributed by atoms with Gasteiger partial charge in [-0.25, -0.2) is 0 Å². The molecule has 5 nitrogen and oxygen atoms in total. The first kappa shape index (κ1) is 13.2. The smallest absolute Gasteiger partial charge is 0.303 e. The summed E-state index contributed by atoms with van der Waals surface area (Å²) in [4.78, 5) is 21.4. The molecule has 0 saturated carbocycles. The van der Waals surface area contributed by atoms with E-state index in [1.807, 2.05) is 0 Å². The number of amides is 1. The molecule has 2 atom stereocenters. The average molecular weight is 224 g/mol. The first-order valence-corrected chi connectivity index (χ1v) is 4.75. The van der Waals surface area contributed by atoms with E-state index < -0.39 is 24.2 Å². The minimum Gasteiger partial charge on any atom is -0.458 e. The van der Waals surface area contributed by atoms with Crippen molar-refractivity contribution < 1.29 is 19.4 Å². The van der Waals surface area contributed by atoms with E-state index in [0.717, 1.165) is 0 Å². The Morgan fingerprint density at radius 3 is 2.50 bits per heavy atom. The molecule has 0 aliphatic rings. The average Bonchev–Trinajstić information content (AvgIpc) is 2.13. The number of halogens is 1. The van der Waals surface area contributed by atoms with Crippen molar-refractivity contribution in [3.05, 3.63) is 0 Å². The number of ether oxygens (including phenoxy) is 1. The molecule has 0 aliphatic heterocycles. The number of aliphatic hydroxyl groups is 1. The largest absolute Gasteiger partial charge is 0.458 e. The Morgan fingerprint density at radius 2 is 2.14 bits per heavy atom. The highest BCUT2D eigenvalue weighted by Gasteiger charge is 2.21. The van der Waals surface area contributed by atoms with Gasteiger partial charge in [-0.05, 0) is 6.42 Å².